The summed E-state index contributed by atoms with van der Waals surface area (Å²) < 4.78 is 0. The van der Waals surface area contributed by atoms with E-state index in [2.05, 4.69) is 24.3 Å². The Bertz CT molecular complexity index is 301. The number of carbonyl (C=O) groups excluding carboxylic acids is 1. The molecule has 3 nitrogen and oxygen atoms in total. The molecule has 1 N–H and O–H groups in total. The van der Waals surface area contributed by atoms with Gasteiger partial charge in [0.2, 0.25) is 0 Å². The van der Waals surface area contributed by atoms with E-state index in [1.807, 2.05) is 0 Å². The smallest absolute Gasteiger partial charge is 0.158 e. The Morgan fingerprint density at radius 3 is 2.50 bits per heavy atom. The third kappa shape index (κ3) is 3.08. The molecule has 0 bridgehead atoms. The van der Waals surface area contributed by atoms with E-state index in [0.717, 1.165) is 25.2 Å². The molecule has 1 heterocycles. The Balaban J connectivity index is 1.95. The van der Waals surface area contributed by atoms with Crippen molar-refractivity contribution in [3.05, 3.63) is 11.8 Å². The van der Waals surface area contributed by atoms with Gasteiger partial charge < -0.3 is 5.43 Å². The van der Waals surface area contributed by atoms with E-state index in [1.54, 1.807) is 6.08 Å². The Kier molecular flexibility index (Phi) is 3.33. The molecule has 1 saturated heterocycles. The summed E-state index contributed by atoms with van der Waals surface area (Å²) in [6.45, 7) is 6.53. The topological polar surface area (TPSA) is 32.3 Å². The zero-order valence-electron chi connectivity index (χ0n) is 10.4. The first-order valence-corrected chi connectivity index (χ1v) is 6.30. The average Bonchev–Trinajstić information content (AvgIpc) is 2.15. The van der Waals surface area contributed by atoms with E-state index in [9.17, 15) is 4.79 Å². The van der Waals surface area contributed by atoms with Crippen molar-refractivity contribution >= 4 is 5.78 Å². The summed E-state index contributed by atoms with van der Waals surface area (Å²) in [5, 5.41) is 2.25. The Morgan fingerprint density at radius 1 is 1.19 bits per heavy atom. The summed E-state index contributed by atoms with van der Waals surface area (Å²) in [4.78, 5) is 11.6. The van der Waals surface area contributed by atoms with E-state index in [0.29, 0.717) is 6.42 Å². The van der Waals surface area contributed by atoms with E-state index in [1.165, 1.54) is 19.3 Å². The molecule has 90 valence electrons. The maximum Gasteiger partial charge on any atom is 0.158 e. The predicted octanol–water partition coefficient (Wildman–Crippen LogP) is 2.25. The van der Waals surface area contributed by atoms with Gasteiger partial charge in [0.15, 0.2) is 5.78 Å². The molecule has 1 aliphatic heterocycles. The number of nitrogens with one attached hydrogen (secondary N) is 1. The molecule has 0 aromatic carbocycles. The minimum absolute atomic E-state index is 0.115. The largest absolute Gasteiger partial charge is 0.323 e. The third-order valence-electron chi connectivity index (χ3n) is 3.31. The van der Waals surface area contributed by atoms with Gasteiger partial charge in [0, 0.05) is 31.3 Å². The van der Waals surface area contributed by atoms with Crippen LogP contribution in [0.2, 0.25) is 0 Å². The standard InChI is InChI=1S/C13H22N2O/c1-13(2)9-11(8-12(16)10-13)14-15-6-4-3-5-7-15/h8,14H,3-7,9-10H2,1-2H3. The van der Waals surface area contributed by atoms with Crippen LogP contribution in [-0.2, 0) is 4.79 Å². The highest BCUT2D eigenvalue weighted by atomic mass is 16.1. The number of hydrogen-bond donors (Lipinski definition) is 1. The average molecular weight is 222 g/mol. The van der Waals surface area contributed by atoms with Gasteiger partial charge in [0.05, 0.1) is 0 Å². The van der Waals surface area contributed by atoms with E-state index in [4.69, 9.17) is 0 Å². The summed E-state index contributed by atoms with van der Waals surface area (Å²) in [7, 11) is 0. The number of hydrogen-bond acceptors (Lipinski definition) is 3. The molecular formula is C13H22N2O. The SMILES string of the molecule is CC1(C)CC(=O)C=C(NN2CCCCC2)C1. The maximum absolute atomic E-state index is 11.6. The van der Waals surface area contributed by atoms with E-state index >= 15 is 0 Å². The van der Waals surface area contributed by atoms with Crippen molar-refractivity contribution in [2.24, 2.45) is 5.41 Å². The second-order valence-electron chi connectivity index (χ2n) is 5.81. The first kappa shape index (κ1) is 11.6. The molecule has 2 rings (SSSR count). The quantitative estimate of drug-likeness (QED) is 0.777. The highest BCUT2D eigenvalue weighted by Gasteiger charge is 2.28. The molecule has 0 aromatic rings. The molecular weight excluding hydrogens is 200 g/mol. The van der Waals surface area contributed by atoms with Crippen LogP contribution in [0.1, 0.15) is 46.0 Å². The van der Waals surface area contributed by atoms with Crippen molar-refractivity contribution < 1.29 is 4.79 Å². The van der Waals surface area contributed by atoms with Crippen LogP contribution in [0, 0.1) is 5.41 Å². The van der Waals surface area contributed by atoms with Gasteiger partial charge in [-0.1, -0.05) is 20.3 Å². The number of nitrogens with zero attached hydrogens (tertiary/aromatic N) is 1. The number of hydrazine groups is 1. The lowest BCUT2D eigenvalue weighted by molar-refractivity contribution is -0.117. The van der Waals surface area contributed by atoms with Crippen molar-refractivity contribution in [2.75, 3.05) is 13.1 Å². The van der Waals surface area contributed by atoms with Crippen molar-refractivity contribution in [3.63, 3.8) is 0 Å². The second kappa shape index (κ2) is 4.58. The summed E-state index contributed by atoms with van der Waals surface area (Å²) in [6, 6.07) is 0. The minimum Gasteiger partial charge on any atom is -0.323 e. The van der Waals surface area contributed by atoms with E-state index < -0.39 is 0 Å². The number of piperidine rings is 1. The van der Waals surface area contributed by atoms with Crippen LogP contribution in [0.3, 0.4) is 0 Å². The van der Waals surface area contributed by atoms with Gasteiger partial charge in [-0.3, -0.25) is 4.79 Å². The maximum atomic E-state index is 11.6. The molecule has 0 atom stereocenters. The van der Waals surface area contributed by atoms with Gasteiger partial charge in [-0.2, -0.15) is 0 Å². The molecule has 16 heavy (non-hydrogen) atoms. The lowest BCUT2D eigenvalue weighted by Gasteiger charge is -2.34. The molecule has 0 aromatic heterocycles. The van der Waals surface area contributed by atoms with Crippen LogP contribution in [0.4, 0.5) is 0 Å². The van der Waals surface area contributed by atoms with Gasteiger partial charge in [-0.25, -0.2) is 5.01 Å². The zero-order chi connectivity index (χ0) is 11.6. The van der Waals surface area contributed by atoms with Crippen molar-refractivity contribution in [1.29, 1.82) is 0 Å². The highest BCUT2D eigenvalue weighted by Crippen LogP contribution is 2.32. The Labute approximate surface area is 97.9 Å². The molecule has 1 aliphatic carbocycles. The van der Waals surface area contributed by atoms with E-state index in [-0.39, 0.29) is 11.2 Å². The van der Waals surface area contributed by atoms with Crippen LogP contribution in [0.15, 0.2) is 11.8 Å². The third-order valence-corrected chi connectivity index (χ3v) is 3.31. The van der Waals surface area contributed by atoms with Gasteiger partial charge in [0.25, 0.3) is 0 Å². The van der Waals surface area contributed by atoms with Gasteiger partial charge in [0.1, 0.15) is 0 Å². The first-order chi connectivity index (χ1) is 7.55. The van der Waals surface area contributed by atoms with Crippen molar-refractivity contribution in [3.8, 4) is 0 Å². The lowest BCUT2D eigenvalue weighted by Crippen LogP contribution is -2.43. The number of carbonyl (C=O) groups is 1. The van der Waals surface area contributed by atoms with Crippen LogP contribution >= 0.6 is 0 Å². The fraction of sp³-hybridized carbons (Fsp3) is 0.769. The Morgan fingerprint density at radius 2 is 1.88 bits per heavy atom. The number of rotatable bonds is 2. The molecule has 0 unspecified atom stereocenters. The van der Waals surface area contributed by atoms with Gasteiger partial charge >= 0.3 is 0 Å². The highest BCUT2D eigenvalue weighted by molar-refractivity contribution is 5.91. The summed E-state index contributed by atoms with van der Waals surface area (Å²) in [5.41, 5.74) is 4.63. The van der Waals surface area contributed by atoms with Crippen molar-refractivity contribution in [2.45, 2.75) is 46.0 Å². The second-order valence-corrected chi connectivity index (χ2v) is 5.81. The molecule has 0 spiro atoms. The molecule has 0 saturated carbocycles. The van der Waals surface area contributed by atoms with Crippen LogP contribution in [0.25, 0.3) is 0 Å². The van der Waals surface area contributed by atoms with Crippen LogP contribution in [0.5, 0.6) is 0 Å². The molecule has 3 heteroatoms. The molecule has 1 fully saturated rings. The number of allylic oxidation sites excluding steroid dienone is 2. The molecule has 0 amide bonds. The normalized spacial score (nSPS) is 26.4. The summed E-state index contributed by atoms with van der Waals surface area (Å²) in [6.07, 6.45) is 7.31. The van der Waals surface area contributed by atoms with Crippen LogP contribution < -0.4 is 5.43 Å². The van der Waals surface area contributed by atoms with Crippen molar-refractivity contribution in [1.82, 2.24) is 10.4 Å². The monoisotopic (exact) mass is 222 g/mol. The predicted molar refractivity (Wildman–Crippen MR) is 64.7 cm³/mol. The fourth-order valence-corrected chi connectivity index (χ4v) is 2.63. The summed E-state index contributed by atoms with van der Waals surface area (Å²) >= 11 is 0. The Hall–Kier alpha value is -0.830. The lowest BCUT2D eigenvalue weighted by atomic mass is 9.79. The van der Waals surface area contributed by atoms with Gasteiger partial charge in [-0.05, 0) is 24.7 Å². The van der Waals surface area contributed by atoms with Gasteiger partial charge in [-0.15, -0.1) is 0 Å². The summed E-state index contributed by atoms with van der Waals surface area (Å²) in [5.74, 6) is 0.260. The minimum atomic E-state index is 0.115. The molecule has 0 radical (unpaired) electrons. The molecule has 2 aliphatic rings. The first-order valence-electron chi connectivity index (χ1n) is 6.30. The number of ketones is 1. The fourth-order valence-electron chi connectivity index (χ4n) is 2.63. The zero-order valence-corrected chi connectivity index (χ0v) is 10.4. The van der Waals surface area contributed by atoms with Crippen LogP contribution in [-0.4, -0.2) is 23.9 Å².